The zero-order valence-corrected chi connectivity index (χ0v) is 8.63. The van der Waals surface area contributed by atoms with Crippen molar-refractivity contribution in [1.29, 1.82) is 0 Å². The monoisotopic (exact) mass is 251 g/mol. The number of amides is 1. The van der Waals surface area contributed by atoms with Crippen LogP contribution in [0.25, 0.3) is 0 Å². The number of rotatable bonds is 3. The topological polar surface area (TPSA) is 82.5 Å². The summed E-state index contributed by atoms with van der Waals surface area (Å²) in [5.74, 6) is -4.77. The lowest BCUT2D eigenvalue weighted by molar-refractivity contribution is -0.153. The predicted octanol–water partition coefficient (Wildman–Crippen LogP) is 1.57. The molecule has 0 spiro atoms. The Kier molecular flexibility index (Phi) is 3.45. The zero-order chi connectivity index (χ0) is 13.2. The van der Waals surface area contributed by atoms with Crippen LogP contribution in [-0.4, -0.2) is 18.5 Å². The summed E-state index contributed by atoms with van der Waals surface area (Å²) in [6, 6.07) is 0.614. The highest BCUT2D eigenvalue weighted by molar-refractivity contribution is 5.96. The van der Waals surface area contributed by atoms with Crippen molar-refractivity contribution in [2.45, 2.75) is 13.1 Å². The molecule has 0 aliphatic heterocycles. The van der Waals surface area contributed by atoms with Crippen molar-refractivity contribution in [3.8, 4) is 0 Å². The smallest absolute Gasteiger partial charge is 0.450 e. The molecule has 0 aliphatic rings. The quantitative estimate of drug-likeness (QED) is 0.826. The van der Waals surface area contributed by atoms with Crippen molar-refractivity contribution in [3.63, 3.8) is 0 Å². The highest BCUT2D eigenvalue weighted by Gasteiger charge is 2.41. The molecule has 0 saturated heterocycles. The van der Waals surface area contributed by atoms with E-state index in [2.05, 4.69) is 9.15 Å². The molecule has 94 valence electrons. The summed E-state index contributed by atoms with van der Waals surface area (Å²) in [6.07, 6.45) is -4.91. The number of halogens is 3. The van der Waals surface area contributed by atoms with Gasteiger partial charge < -0.3 is 14.9 Å². The summed E-state index contributed by atoms with van der Waals surface area (Å²) in [6.45, 7) is 1.33. The van der Waals surface area contributed by atoms with E-state index in [0.29, 0.717) is 6.07 Å². The molecule has 2 N–H and O–H groups in total. The molecule has 0 fully saturated rings. The van der Waals surface area contributed by atoms with Gasteiger partial charge in [-0.25, -0.2) is 4.79 Å². The zero-order valence-electron chi connectivity index (χ0n) is 8.63. The number of ether oxygens (including phenoxy) is 1. The number of hydrogen-bond acceptors (Lipinski definition) is 4. The second-order valence-corrected chi connectivity index (χ2v) is 2.94. The molecular weight excluding hydrogens is 243 g/mol. The normalized spacial score (nSPS) is 11.3. The van der Waals surface area contributed by atoms with Gasteiger partial charge in [0.25, 0.3) is 5.91 Å². The van der Waals surface area contributed by atoms with E-state index in [1.54, 1.807) is 0 Å². The molecule has 5 nitrogen and oxygen atoms in total. The average molecular weight is 251 g/mol. The first-order chi connectivity index (χ1) is 7.77. The van der Waals surface area contributed by atoms with Crippen LogP contribution in [0.2, 0.25) is 0 Å². The third kappa shape index (κ3) is 2.77. The molecule has 0 radical (unpaired) electrons. The van der Waals surface area contributed by atoms with Crippen LogP contribution in [0.5, 0.6) is 0 Å². The molecule has 1 rings (SSSR count). The Morgan fingerprint density at radius 2 is 2.06 bits per heavy atom. The average Bonchev–Trinajstić information content (AvgIpc) is 2.61. The van der Waals surface area contributed by atoms with Crippen molar-refractivity contribution in [1.82, 2.24) is 0 Å². The third-order valence-electron chi connectivity index (χ3n) is 1.73. The molecule has 0 atom stereocenters. The molecule has 17 heavy (non-hydrogen) atoms. The lowest BCUT2D eigenvalue weighted by Crippen LogP contribution is -2.12. The number of alkyl halides is 3. The fraction of sp³-hybridized carbons (Fsp3) is 0.333. The van der Waals surface area contributed by atoms with E-state index < -0.39 is 35.1 Å². The summed E-state index contributed by atoms with van der Waals surface area (Å²) < 4.78 is 46.0. The van der Waals surface area contributed by atoms with Gasteiger partial charge in [-0.3, -0.25) is 4.79 Å². The van der Waals surface area contributed by atoms with Crippen LogP contribution >= 0.6 is 0 Å². The van der Waals surface area contributed by atoms with Crippen molar-refractivity contribution in [2.24, 2.45) is 5.73 Å². The molecular formula is C9H8F3NO4. The number of furan rings is 1. The number of esters is 1. The van der Waals surface area contributed by atoms with Crippen LogP contribution in [-0.2, 0) is 10.9 Å². The minimum absolute atomic E-state index is 0.104. The maximum Gasteiger partial charge on any atom is 0.450 e. The highest BCUT2D eigenvalue weighted by atomic mass is 19.4. The van der Waals surface area contributed by atoms with Crippen LogP contribution in [0.3, 0.4) is 0 Å². The van der Waals surface area contributed by atoms with Crippen molar-refractivity contribution in [2.75, 3.05) is 6.61 Å². The van der Waals surface area contributed by atoms with E-state index in [1.165, 1.54) is 6.92 Å². The maximum absolute atomic E-state index is 12.5. The largest absolute Gasteiger partial charge is 0.462 e. The predicted molar refractivity (Wildman–Crippen MR) is 48.2 cm³/mol. The van der Waals surface area contributed by atoms with Crippen LogP contribution in [0.15, 0.2) is 10.5 Å². The van der Waals surface area contributed by atoms with Gasteiger partial charge in [-0.15, -0.1) is 0 Å². The molecule has 1 aromatic rings. The van der Waals surface area contributed by atoms with Crippen molar-refractivity contribution >= 4 is 11.9 Å². The Balaban J connectivity index is 3.26. The van der Waals surface area contributed by atoms with E-state index in [9.17, 15) is 22.8 Å². The van der Waals surface area contributed by atoms with E-state index in [1.807, 2.05) is 0 Å². The van der Waals surface area contributed by atoms with Crippen molar-refractivity contribution in [3.05, 3.63) is 23.2 Å². The first kappa shape index (κ1) is 13.1. The lowest BCUT2D eigenvalue weighted by Gasteiger charge is -2.05. The number of primary amides is 1. The van der Waals surface area contributed by atoms with Gasteiger partial charge >= 0.3 is 12.1 Å². The Hall–Kier alpha value is -1.99. The van der Waals surface area contributed by atoms with E-state index in [4.69, 9.17) is 5.73 Å². The summed E-state index contributed by atoms with van der Waals surface area (Å²) in [5, 5.41) is 0. The highest BCUT2D eigenvalue weighted by Crippen LogP contribution is 2.34. The van der Waals surface area contributed by atoms with E-state index in [0.717, 1.165) is 0 Å². The fourth-order valence-corrected chi connectivity index (χ4v) is 1.08. The maximum atomic E-state index is 12.5. The standard InChI is InChI=1S/C9H8F3NO4/c1-2-16-8(15)4-3-5(7(13)14)17-6(4)9(10,11)12/h3H,2H2,1H3,(H2,13,14). The first-order valence-electron chi connectivity index (χ1n) is 4.45. The molecule has 0 aliphatic carbocycles. The number of hydrogen-bond donors (Lipinski definition) is 1. The Morgan fingerprint density at radius 1 is 1.47 bits per heavy atom. The summed E-state index contributed by atoms with van der Waals surface area (Å²) >= 11 is 0. The number of carbonyl (C=O) groups excluding carboxylic acids is 2. The Bertz CT molecular complexity index is 450. The third-order valence-corrected chi connectivity index (χ3v) is 1.73. The van der Waals surface area contributed by atoms with Gasteiger partial charge in [0.05, 0.1) is 6.61 Å². The molecule has 0 unspecified atom stereocenters. The fourth-order valence-electron chi connectivity index (χ4n) is 1.08. The SMILES string of the molecule is CCOC(=O)c1cc(C(N)=O)oc1C(F)(F)F. The summed E-state index contributed by atoms with van der Waals surface area (Å²) in [5.41, 5.74) is 3.89. The van der Waals surface area contributed by atoms with Crippen LogP contribution < -0.4 is 5.73 Å². The van der Waals surface area contributed by atoms with Gasteiger partial charge in [0.2, 0.25) is 5.76 Å². The van der Waals surface area contributed by atoms with Crippen LogP contribution in [0.1, 0.15) is 33.6 Å². The van der Waals surface area contributed by atoms with Gasteiger partial charge in [0.15, 0.2) is 5.76 Å². The van der Waals surface area contributed by atoms with Gasteiger partial charge in [0, 0.05) is 6.07 Å². The molecule has 1 aromatic heterocycles. The van der Waals surface area contributed by atoms with Gasteiger partial charge in [-0.1, -0.05) is 0 Å². The number of nitrogens with two attached hydrogens (primary N) is 1. The lowest BCUT2D eigenvalue weighted by atomic mass is 10.2. The molecule has 0 bridgehead atoms. The minimum Gasteiger partial charge on any atom is -0.462 e. The molecule has 0 aromatic carbocycles. The van der Waals surface area contributed by atoms with E-state index in [-0.39, 0.29) is 6.61 Å². The summed E-state index contributed by atoms with van der Waals surface area (Å²) in [7, 11) is 0. The molecule has 1 heterocycles. The summed E-state index contributed by atoms with van der Waals surface area (Å²) in [4.78, 5) is 21.9. The Morgan fingerprint density at radius 3 is 2.47 bits per heavy atom. The van der Waals surface area contributed by atoms with E-state index >= 15 is 0 Å². The van der Waals surface area contributed by atoms with Crippen molar-refractivity contribution < 1.29 is 31.9 Å². The van der Waals surface area contributed by atoms with Crippen LogP contribution in [0.4, 0.5) is 13.2 Å². The Labute approximate surface area is 93.3 Å². The minimum atomic E-state index is -4.91. The first-order valence-corrected chi connectivity index (χ1v) is 4.45. The molecule has 1 amide bonds. The number of carbonyl (C=O) groups is 2. The van der Waals surface area contributed by atoms with Crippen LogP contribution in [0, 0.1) is 0 Å². The molecule has 8 heteroatoms. The van der Waals surface area contributed by atoms with Gasteiger partial charge in [-0.05, 0) is 6.92 Å². The van der Waals surface area contributed by atoms with Gasteiger partial charge in [-0.2, -0.15) is 13.2 Å². The second-order valence-electron chi connectivity index (χ2n) is 2.94. The second kappa shape index (κ2) is 4.48. The molecule has 0 saturated carbocycles. The van der Waals surface area contributed by atoms with Gasteiger partial charge in [0.1, 0.15) is 5.56 Å².